The summed E-state index contributed by atoms with van der Waals surface area (Å²) < 4.78 is 5.33. The maximum atomic E-state index is 12.8. The number of hydrogen-bond acceptors (Lipinski definition) is 5. The van der Waals surface area contributed by atoms with Crippen LogP contribution in [-0.2, 0) is 17.8 Å². The van der Waals surface area contributed by atoms with Gasteiger partial charge in [-0.25, -0.2) is 4.79 Å². The molecule has 7 nitrogen and oxygen atoms in total. The van der Waals surface area contributed by atoms with Gasteiger partial charge in [0, 0.05) is 37.3 Å². The first kappa shape index (κ1) is 25.5. The molecule has 0 atom stereocenters. The van der Waals surface area contributed by atoms with Crippen LogP contribution in [0.4, 0.5) is 4.79 Å². The molecule has 1 heterocycles. The number of likely N-dealkylation sites (N-methyl/N-ethyl adjacent to an activating group) is 2. The Labute approximate surface area is 201 Å². The van der Waals surface area contributed by atoms with Crippen LogP contribution in [0, 0.1) is 0 Å². The van der Waals surface area contributed by atoms with Gasteiger partial charge in [-0.15, -0.1) is 0 Å². The molecule has 182 valence electrons. The van der Waals surface area contributed by atoms with Crippen LogP contribution in [-0.4, -0.2) is 60.7 Å². The lowest BCUT2D eigenvalue weighted by molar-refractivity contribution is 0.0524. The van der Waals surface area contributed by atoms with Gasteiger partial charge in [0.1, 0.15) is 5.60 Å². The van der Waals surface area contributed by atoms with Crippen LogP contribution in [0.25, 0.3) is 22.0 Å². The predicted octanol–water partition coefficient (Wildman–Crippen LogP) is 4.21. The Hall–Kier alpha value is -3.16. The van der Waals surface area contributed by atoms with Gasteiger partial charge in [0.25, 0.3) is 5.56 Å². The number of nitrogens with zero attached hydrogens (tertiary/aromatic N) is 2. The summed E-state index contributed by atoms with van der Waals surface area (Å²) >= 11 is 0. The summed E-state index contributed by atoms with van der Waals surface area (Å²) in [4.78, 5) is 32.4. The lowest BCUT2D eigenvalue weighted by Crippen LogP contribution is -2.32. The lowest BCUT2D eigenvalue weighted by atomic mass is 10.0. The third-order valence-electron chi connectivity index (χ3n) is 5.45. The molecule has 7 heteroatoms. The van der Waals surface area contributed by atoms with Crippen molar-refractivity contribution in [3.63, 3.8) is 0 Å². The molecule has 0 radical (unpaired) electrons. The highest BCUT2D eigenvalue weighted by Crippen LogP contribution is 2.23. The monoisotopic (exact) mass is 464 g/mol. The summed E-state index contributed by atoms with van der Waals surface area (Å²) in [6.07, 6.45) is -0.485. The molecule has 0 unspecified atom stereocenters. The van der Waals surface area contributed by atoms with Crippen molar-refractivity contribution >= 4 is 16.9 Å². The van der Waals surface area contributed by atoms with Crippen LogP contribution in [0.3, 0.4) is 0 Å². The number of fused-ring (bicyclic) bond motifs is 1. The minimum atomic E-state index is -0.569. The van der Waals surface area contributed by atoms with Gasteiger partial charge >= 0.3 is 6.09 Å². The third kappa shape index (κ3) is 7.17. The maximum absolute atomic E-state index is 12.8. The standard InChI is InChI=1S/C27H36N4O3/c1-27(2,3)34-26(33)28-17-21-8-7-9-22-23(21)16-24(29-25(22)32)20-12-10-19(11-13-20)18-31(6)15-14-30(4)5/h7-13,16H,14-15,17-18H2,1-6H3,(H,28,33)(H,29,32). The summed E-state index contributed by atoms with van der Waals surface area (Å²) in [7, 11) is 6.27. The van der Waals surface area contributed by atoms with E-state index in [2.05, 4.69) is 53.4 Å². The molecule has 3 rings (SSSR count). The van der Waals surface area contributed by atoms with Crippen molar-refractivity contribution in [1.29, 1.82) is 0 Å². The molecule has 0 spiro atoms. The average molecular weight is 465 g/mol. The number of H-pyrrole nitrogens is 1. The molecule has 1 amide bonds. The second-order valence-electron chi connectivity index (χ2n) is 9.98. The number of aromatic amines is 1. The third-order valence-corrected chi connectivity index (χ3v) is 5.45. The molecule has 0 aliphatic heterocycles. The van der Waals surface area contributed by atoms with Gasteiger partial charge in [-0.2, -0.15) is 0 Å². The minimum absolute atomic E-state index is 0.154. The number of nitrogens with one attached hydrogen (secondary N) is 2. The van der Waals surface area contributed by atoms with E-state index < -0.39 is 11.7 Å². The van der Waals surface area contributed by atoms with Gasteiger partial charge < -0.3 is 24.8 Å². The molecule has 0 aliphatic carbocycles. The second kappa shape index (κ2) is 10.8. The molecule has 0 saturated carbocycles. The van der Waals surface area contributed by atoms with Gasteiger partial charge in [0.2, 0.25) is 0 Å². The van der Waals surface area contributed by atoms with Crippen molar-refractivity contribution in [3.8, 4) is 11.3 Å². The maximum Gasteiger partial charge on any atom is 0.407 e. The van der Waals surface area contributed by atoms with Gasteiger partial charge in [-0.1, -0.05) is 36.4 Å². The van der Waals surface area contributed by atoms with Crippen molar-refractivity contribution in [2.45, 2.75) is 39.5 Å². The SMILES string of the molecule is CN(C)CCN(C)Cc1ccc(-c2cc3c(CNC(=O)OC(C)(C)C)cccc3c(=O)[nH]2)cc1. The molecule has 0 saturated heterocycles. The van der Waals surface area contributed by atoms with Crippen LogP contribution >= 0.6 is 0 Å². The van der Waals surface area contributed by atoms with Gasteiger partial charge in [-0.05, 0) is 76.1 Å². The molecule has 2 aromatic carbocycles. The Bertz CT molecular complexity index is 1180. The van der Waals surface area contributed by atoms with Crippen LogP contribution in [0.5, 0.6) is 0 Å². The van der Waals surface area contributed by atoms with Crippen molar-refractivity contribution in [2.75, 3.05) is 34.2 Å². The number of carbonyl (C=O) groups excluding carboxylic acids is 1. The Morgan fingerprint density at radius 1 is 1.00 bits per heavy atom. The summed E-state index contributed by atoms with van der Waals surface area (Å²) in [6, 6.07) is 15.8. The number of carbonyl (C=O) groups is 1. The van der Waals surface area contributed by atoms with Gasteiger partial charge in [0.05, 0.1) is 0 Å². The van der Waals surface area contributed by atoms with Crippen LogP contribution < -0.4 is 10.9 Å². The second-order valence-corrected chi connectivity index (χ2v) is 9.98. The molecule has 0 fully saturated rings. The molecule has 0 aliphatic rings. The fourth-order valence-corrected chi connectivity index (χ4v) is 3.69. The topological polar surface area (TPSA) is 77.7 Å². The summed E-state index contributed by atoms with van der Waals surface area (Å²) in [5, 5.41) is 4.19. The number of hydrogen-bond donors (Lipinski definition) is 2. The van der Waals surface area contributed by atoms with Gasteiger partial charge in [-0.3, -0.25) is 4.79 Å². The number of aromatic nitrogens is 1. The van der Waals surface area contributed by atoms with E-state index in [4.69, 9.17) is 4.74 Å². The number of amides is 1. The first-order chi connectivity index (χ1) is 16.0. The average Bonchev–Trinajstić information content (AvgIpc) is 2.75. The molecular formula is C27H36N4O3. The lowest BCUT2D eigenvalue weighted by Gasteiger charge is -2.20. The van der Waals surface area contributed by atoms with Gasteiger partial charge in [0.15, 0.2) is 0 Å². The van der Waals surface area contributed by atoms with E-state index in [1.807, 2.05) is 51.1 Å². The number of rotatable bonds is 8. The van der Waals surface area contributed by atoms with Crippen LogP contribution in [0.2, 0.25) is 0 Å². The zero-order valence-corrected chi connectivity index (χ0v) is 21.1. The Morgan fingerprint density at radius 2 is 1.71 bits per heavy atom. The molecule has 34 heavy (non-hydrogen) atoms. The highest BCUT2D eigenvalue weighted by Gasteiger charge is 2.16. The minimum Gasteiger partial charge on any atom is -0.444 e. The molecule has 3 aromatic rings. The zero-order chi connectivity index (χ0) is 24.9. The molecule has 2 N–H and O–H groups in total. The highest BCUT2D eigenvalue weighted by molar-refractivity contribution is 5.88. The first-order valence-corrected chi connectivity index (χ1v) is 11.6. The van der Waals surface area contributed by atoms with Crippen LogP contribution in [0.15, 0.2) is 53.3 Å². The molecule has 0 bridgehead atoms. The summed E-state index contributed by atoms with van der Waals surface area (Å²) in [5.74, 6) is 0. The number of alkyl carbamates (subject to hydrolysis) is 1. The van der Waals surface area contributed by atoms with E-state index in [0.717, 1.165) is 41.8 Å². The first-order valence-electron chi connectivity index (χ1n) is 11.6. The molecule has 1 aromatic heterocycles. The zero-order valence-electron chi connectivity index (χ0n) is 21.1. The van der Waals surface area contributed by atoms with Crippen LogP contribution in [0.1, 0.15) is 31.9 Å². The van der Waals surface area contributed by atoms with E-state index in [1.165, 1.54) is 5.56 Å². The summed E-state index contributed by atoms with van der Waals surface area (Å²) in [5.41, 5.74) is 3.04. The van der Waals surface area contributed by atoms with E-state index in [0.29, 0.717) is 5.39 Å². The van der Waals surface area contributed by atoms with Crippen molar-refractivity contribution in [3.05, 3.63) is 70.0 Å². The Kier molecular flexibility index (Phi) is 8.12. The van der Waals surface area contributed by atoms with E-state index >= 15 is 0 Å². The number of benzene rings is 2. The fourth-order valence-electron chi connectivity index (χ4n) is 3.69. The number of ether oxygens (including phenoxy) is 1. The largest absolute Gasteiger partial charge is 0.444 e. The normalized spacial score (nSPS) is 11.9. The predicted molar refractivity (Wildman–Crippen MR) is 138 cm³/mol. The Balaban J connectivity index is 1.80. The van der Waals surface area contributed by atoms with Crippen molar-refractivity contribution in [1.82, 2.24) is 20.1 Å². The van der Waals surface area contributed by atoms with E-state index in [9.17, 15) is 9.59 Å². The van der Waals surface area contributed by atoms with Crippen molar-refractivity contribution in [2.24, 2.45) is 0 Å². The number of pyridine rings is 1. The quantitative estimate of drug-likeness (QED) is 0.522. The van der Waals surface area contributed by atoms with Crippen molar-refractivity contribution < 1.29 is 9.53 Å². The Morgan fingerprint density at radius 3 is 2.35 bits per heavy atom. The smallest absolute Gasteiger partial charge is 0.407 e. The van der Waals surface area contributed by atoms with E-state index in [-0.39, 0.29) is 12.1 Å². The fraction of sp³-hybridized carbons (Fsp3) is 0.407. The highest BCUT2D eigenvalue weighted by atomic mass is 16.6. The molecular weight excluding hydrogens is 428 g/mol. The summed E-state index contributed by atoms with van der Waals surface area (Å²) in [6.45, 7) is 8.61. The van der Waals surface area contributed by atoms with E-state index in [1.54, 1.807) is 6.07 Å².